The van der Waals surface area contributed by atoms with E-state index in [1.54, 1.807) is 30.3 Å². The van der Waals surface area contributed by atoms with Crippen molar-refractivity contribution in [2.75, 3.05) is 13.1 Å². The lowest BCUT2D eigenvalue weighted by Crippen LogP contribution is -2.44. The molecule has 45 heavy (non-hydrogen) atoms. The normalized spacial score (nSPS) is 11.5. The number of imidazole rings is 1. The van der Waals surface area contributed by atoms with Crippen LogP contribution < -0.4 is 16.0 Å². The number of nitrogens with one attached hydrogen (secondary N) is 3. The van der Waals surface area contributed by atoms with Gasteiger partial charge in [0.15, 0.2) is 5.82 Å². The fourth-order valence-corrected chi connectivity index (χ4v) is 4.62. The van der Waals surface area contributed by atoms with Crippen molar-refractivity contribution in [1.29, 1.82) is 0 Å². The lowest BCUT2D eigenvalue weighted by molar-refractivity contribution is -0.385. The lowest BCUT2D eigenvalue weighted by atomic mass is 10.0. The van der Waals surface area contributed by atoms with Gasteiger partial charge in [-0.1, -0.05) is 6.07 Å². The van der Waals surface area contributed by atoms with Gasteiger partial charge >= 0.3 is 12.2 Å². The van der Waals surface area contributed by atoms with E-state index < -0.39 is 39.8 Å². The van der Waals surface area contributed by atoms with Crippen LogP contribution >= 0.6 is 0 Å². The maximum absolute atomic E-state index is 14.8. The first-order chi connectivity index (χ1) is 21.4. The van der Waals surface area contributed by atoms with Crippen LogP contribution in [-0.2, 0) is 6.54 Å². The van der Waals surface area contributed by atoms with Crippen molar-refractivity contribution in [3.8, 4) is 11.1 Å². The average molecular weight is 624 g/mol. The molecule has 4 aromatic rings. The second kappa shape index (κ2) is 13.9. The van der Waals surface area contributed by atoms with Crippen molar-refractivity contribution in [3.05, 3.63) is 98.1 Å². The molecule has 0 aliphatic heterocycles. The minimum Gasteiger partial charge on any atom is -0.465 e. The molecule has 5 N–H and O–H groups in total. The standard InChI is InChI=1S/C28H26FN7O9/c29-22-9-8-21(36(44)45)12-18(22)15-34-24-10-5-17(16-3-6-20(7-4-16)35(42)43)13-23(24)33-25(34)26(37)31-14-19(32-28(40)41)2-1-11-30-27(38)39/h3-10,12-13,19,30,32H,1-2,11,14-15H2,(H,31,37)(H,38,39)(H,40,41). The number of benzene rings is 3. The van der Waals surface area contributed by atoms with Gasteiger partial charge in [0.05, 0.1) is 27.4 Å². The minimum atomic E-state index is -1.35. The van der Waals surface area contributed by atoms with Gasteiger partial charge in [0.1, 0.15) is 5.82 Å². The number of nitro groups is 2. The summed E-state index contributed by atoms with van der Waals surface area (Å²) in [6.45, 7) is -0.454. The third kappa shape index (κ3) is 8.04. The Hall–Kier alpha value is -6.13. The van der Waals surface area contributed by atoms with E-state index in [1.165, 1.54) is 16.7 Å². The molecule has 0 radical (unpaired) electrons. The van der Waals surface area contributed by atoms with Crippen LogP contribution in [0.2, 0.25) is 0 Å². The number of carbonyl (C=O) groups excluding carboxylic acids is 1. The molecule has 0 saturated carbocycles. The van der Waals surface area contributed by atoms with Gasteiger partial charge < -0.3 is 30.7 Å². The Labute approximate surface area is 252 Å². The van der Waals surface area contributed by atoms with E-state index in [0.29, 0.717) is 22.2 Å². The number of hydrogen-bond donors (Lipinski definition) is 5. The largest absolute Gasteiger partial charge is 0.465 e. The Bertz CT molecular complexity index is 1780. The van der Waals surface area contributed by atoms with Gasteiger partial charge in [-0.25, -0.2) is 19.0 Å². The van der Waals surface area contributed by atoms with Crippen molar-refractivity contribution in [1.82, 2.24) is 25.5 Å². The number of carboxylic acid groups (broad SMARTS) is 2. The molecule has 0 spiro atoms. The average Bonchev–Trinajstić information content (AvgIpc) is 3.35. The first kappa shape index (κ1) is 31.8. The second-order valence-corrected chi connectivity index (χ2v) is 9.79. The van der Waals surface area contributed by atoms with Crippen LogP contribution in [0, 0.1) is 26.0 Å². The number of amides is 3. The summed E-state index contributed by atoms with van der Waals surface area (Å²) in [5.41, 5.74) is 1.34. The van der Waals surface area contributed by atoms with Crippen LogP contribution in [0.1, 0.15) is 29.0 Å². The predicted molar refractivity (Wildman–Crippen MR) is 157 cm³/mol. The first-order valence-corrected chi connectivity index (χ1v) is 13.4. The van der Waals surface area contributed by atoms with E-state index in [-0.39, 0.29) is 55.2 Å². The Morgan fingerprint density at radius 1 is 0.889 bits per heavy atom. The van der Waals surface area contributed by atoms with E-state index in [0.717, 1.165) is 18.2 Å². The molecule has 4 rings (SSSR count). The highest BCUT2D eigenvalue weighted by atomic mass is 19.1. The molecule has 234 valence electrons. The van der Waals surface area contributed by atoms with E-state index in [4.69, 9.17) is 5.11 Å². The summed E-state index contributed by atoms with van der Waals surface area (Å²) in [6, 6.07) is 12.9. The Kier molecular flexibility index (Phi) is 9.82. The van der Waals surface area contributed by atoms with Gasteiger partial charge in [-0.2, -0.15) is 0 Å². The smallest absolute Gasteiger partial charge is 0.404 e. The van der Waals surface area contributed by atoms with Gasteiger partial charge in [0.2, 0.25) is 0 Å². The Morgan fingerprint density at radius 2 is 1.56 bits per heavy atom. The molecule has 0 aliphatic rings. The molecule has 17 heteroatoms. The molecular weight excluding hydrogens is 597 g/mol. The first-order valence-electron chi connectivity index (χ1n) is 13.4. The molecule has 0 saturated heterocycles. The highest BCUT2D eigenvalue weighted by molar-refractivity contribution is 5.96. The monoisotopic (exact) mass is 623 g/mol. The number of fused-ring (bicyclic) bond motifs is 1. The fraction of sp³-hybridized carbons (Fsp3) is 0.214. The van der Waals surface area contributed by atoms with Crippen LogP contribution in [0.5, 0.6) is 0 Å². The predicted octanol–water partition coefficient (Wildman–Crippen LogP) is 4.12. The van der Waals surface area contributed by atoms with E-state index >= 15 is 0 Å². The van der Waals surface area contributed by atoms with Crippen LogP contribution in [-0.4, -0.2) is 66.8 Å². The second-order valence-electron chi connectivity index (χ2n) is 9.79. The molecule has 3 aromatic carbocycles. The molecule has 0 fully saturated rings. The fourth-order valence-electron chi connectivity index (χ4n) is 4.62. The van der Waals surface area contributed by atoms with E-state index in [1.807, 2.05) is 0 Å². The molecule has 1 aromatic heterocycles. The Morgan fingerprint density at radius 3 is 2.20 bits per heavy atom. The number of halogens is 1. The molecule has 3 amide bonds. The zero-order valence-corrected chi connectivity index (χ0v) is 23.3. The number of non-ortho nitro benzene ring substituents is 2. The van der Waals surface area contributed by atoms with Crippen molar-refractivity contribution in [2.24, 2.45) is 0 Å². The third-order valence-corrected chi connectivity index (χ3v) is 6.77. The van der Waals surface area contributed by atoms with Crippen molar-refractivity contribution in [3.63, 3.8) is 0 Å². The summed E-state index contributed by atoms with van der Waals surface area (Å²) in [5.74, 6) is -1.70. The number of nitrogens with zero attached hydrogens (tertiary/aromatic N) is 4. The van der Waals surface area contributed by atoms with Gasteiger partial charge in [-0.15, -0.1) is 0 Å². The number of nitro benzene ring substituents is 2. The minimum absolute atomic E-state index is 0.0583. The van der Waals surface area contributed by atoms with Crippen molar-refractivity contribution >= 4 is 40.5 Å². The highest BCUT2D eigenvalue weighted by Gasteiger charge is 2.22. The van der Waals surface area contributed by atoms with Gasteiger partial charge in [-0.05, 0) is 54.3 Å². The zero-order chi connectivity index (χ0) is 32.7. The van der Waals surface area contributed by atoms with Crippen LogP contribution in [0.15, 0.2) is 60.7 Å². The molecule has 0 bridgehead atoms. The molecular formula is C28H26FN7O9. The topological polar surface area (TPSA) is 232 Å². The summed E-state index contributed by atoms with van der Waals surface area (Å²) in [7, 11) is 0. The quantitative estimate of drug-likeness (QED) is 0.0812. The van der Waals surface area contributed by atoms with Crippen LogP contribution in [0.4, 0.5) is 25.4 Å². The number of aromatic nitrogens is 2. The summed E-state index contributed by atoms with van der Waals surface area (Å²) in [5, 5.41) is 47.3. The summed E-state index contributed by atoms with van der Waals surface area (Å²) in [6.07, 6.45) is -2.14. The SMILES string of the molecule is O=C(O)NCCCC(CNC(=O)c1nc2cc(-c3ccc([N+](=O)[O-])cc3)ccc2n1Cc1cc([N+](=O)[O-])ccc1F)NC(=O)O. The molecule has 0 aliphatic carbocycles. The Balaban J connectivity index is 1.68. The van der Waals surface area contributed by atoms with E-state index in [9.17, 15) is 44.1 Å². The molecule has 1 atom stereocenters. The number of carbonyl (C=O) groups is 3. The summed E-state index contributed by atoms with van der Waals surface area (Å²) >= 11 is 0. The van der Waals surface area contributed by atoms with E-state index in [2.05, 4.69) is 20.9 Å². The number of rotatable bonds is 13. The van der Waals surface area contributed by atoms with Crippen molar-refractivity contribution < 1.29 is 38.8 Å². The van der Waals surface area contributed by atoms with Crippen molar-refractivity contribution in [2.45, 2.75) is 25.4 Å². The summed E-state index contributed by atoms with van der Waals surface area (Å²) in [4.78, 5) is 61.0. The third-order valence-electron chi connectivity index (χ3n) is 6.77. The maximum atomic E-state index is 14.8. The molecule has 1 heterocycles. The molecule has 1 unspecified atom stereocenters. The summed E-state index contributed by atoms with van der Waals surface area (Å²) < 4.78 is 16.2. The van der Waals surface area contributed by atoms with Crippen LogP contribution in [0.3, 0.4) is 0 Å². The van der Waals surface area contributed by atoms with Gasteiger partial charge in [0, 0.05) is 49.0 Å². The van der Waals surface area contributed by atoms with Gasteiger partial charge in [-0.3, -0.25) is 25.0 Å². The zero-order valence-electron chi connectivity index (χ0n) is 23.3. The molecule has 16 nitrogen and oxygen atoms in total. The van der Waals surface area contributed by atoms with Gasteiger partial charge in [0.25, 0.3) is 17.3 Å². The lowest BCUT2D eigenvalue weighted by Gasteiger charge is -2.18. The highest BCUT2D eigenvalue weighted by Crippen LogP contribution is 2.28. The number of hydrogen-bond acceptors (Lipinski definition) is 8. The van der Waals surface area contributed by atoms with Crippen LogP contribution in [0.25, 0.3) is 22.2 Å². The maximum Gasteiger partial charge on any atom is 0.404 e.